The summed E-state index contributed by atoms with van der Waals surface area (Å²) in [6.45, 7) is 2.78. The van der Waals surface area contributed by atoms with Crippen molar-refractivity contribution < 1.29 is 14.0 Å². The molecule has 2 heterocycles. The van der Waals surface area contributed by atoms with Gasteiger partial charge in [-0.15, -0.1) is 10.2 Å². The third-order valence-corrected chi connectivity index (χ3v) is 5.47. The summed E-state index contributed by atoms with van der Waals surface area (Å²) in [4.78, 5) is 4.50. The Hall–Kier alpha value is -3.33. The second-order valence-corrected chi connectivity index (χ2v) is 7.19. The summed E-state index contributed by atoms with van der Waals surface area (Å²) in [5.74, 6) is 3.70. The maximum absolute atomic E-state index is 5.47. The standard InChI is InChI=1S/C21H21N5O3S/c1-4-26-20(15-10-6-8-12-17(15)28-3)23-24-21(26)30-13-18-22-19(25-29-18)14-9-5-7-11-16(14)27-2/h5-12H,4,13H2,1-3H3. The molecule has 0 fully saturated rings. The zero-order chi connectivity index (χ0) is 20.9. The molecular weight excluding hydrogens is 402 g/mol. The van der Waals surface area contributed by atoms with Crippen molar-refractivity contribution in [2.45, 2.75) is 24.4 Å². The lowest BCUT2D eigenvalue weighted by Crippen LogP contribution is -2.01. The van der Waals surface area contributed by atoms with Crippen molar-refractivity contribution in [3.8, 4) is 34.3 Å². The van der Waals surface area contributed by atoms with Crippen molar-refractivity contribution in [2.75, 3.05) is 14.2 Å². The Bertz CT molecular complexity index is 1140. The third kappa shape index (κ3) is 3.88. The third-order valence-electron chi connectivity index (χ3n) is 4.52. The number of hydrogen-bond donors (Lipinski definition) is 0. The molecular formula is C21H21N5O3S. The molecule has 4 aromatic rings. The molecule has 0 unspecified atom stereocenters. The van der Waals surface area contributed by atoms with E-state index in [-0.39, 0.29) is 0 Å². The monoisotopic (exact) mass is 423 g/mol. The molecule has 0 radical (unpaired) electrons. The highest BCUT2D eigenvalue weighted by Gasteiger charge is 2.18. The molecule has 0 saturated carbocycles. The predicted molar refractivity (Wildman–Crippen MR) is 114 cm³/mol. The highest BCUT2D eigenvalue weighted by Crippen LogP contribution is 2.32. The minimum Gasteiger partial charge on any atom is -0.496 e. The van der Waals surface area contributed by atoms with E-state index in [2.05, 4.69) is 27.3 Å². The van der Waals surface area contributed by atoms with E-state index in [1.165, 1.54) is 11.8 Å². The maximum atomic E-state index is 5.47. The first-order valence-corrected chi connectivity index (χ1v) is 10.4. The number of aromatic nitrogens is 5. The summed E-state index contributed by atoms with van der Waals surface area (Å²) in [5.41, 5.74) is 1.69. The van der Waals surface area contributed by atoms with E-state index >= 15 is 0 Å². The lowest BCUT2D eigenvalue weighted by Gasteiger charge is -2.09. The van der Waals surface area contributed by atoms with E-state index in [4.69, 9.17) is 14.0 Å². The largest absolute Gasteiger partial charge is 0.496 e. The number of nitrogens with zero attached hydrogens (tertiary/aromatic N) is 5. The van der Waals surface area contributed by atoms with Crippen molar-refractivity contribution in [3.63, 3.8) is 0 Å². The van der Waals surface area contributed by atoms with E-state index in [1.807, 2.05) is 53.1 Å². The molecule has 154 valence electrons. The molecule has 0 amide bonds. The van der Waals surface area contributed by atoms with Gasteiger partial charge in [0.15, 0.2) is 11.0 Å². The first kappa shape index (κ1) is 20.0. The molecule has 0 aliphatic rings. The summed E-state index contributed by atoms with van der Waals surface area (Å²) < 4.78 is 18.3. The Morgan fingerprint density at radius 3 is 2.30 bits per heavy atom. The van der Waals surface area contributed by atoms with Gasteiger partial charge in [0.1, 0.15) is 11.5 Å². The van der Waals surface area contributed by atoms with Gasteiger partial charge in [-0.25, -0.2) is 0 Å². The van der Waals surface area contributed by atoms with Gasteiger partial charge in [-0.05, 0) is 31.2 Å². The molecule has 2 aromatic heterocycles. The van der Waals surface area contributed by atoms with Crippen LogP contribution in [0.3, 0.4) is 0 Å². The number of methoxy groups -OCH3 is 2. The van der Waals surface area contributed by atoms with E-state index in [9.17, 15) is 0 Å². The van der Waals surface area contributed by atoms with Crippen molar-refractivity contribution in [3.05, 3.63) is 54.4 Å². The second kappa shape index (κ2) is 9.00. The van der Waals surface area contributed by atoms with Crippen molar-refractivity contribution in [1.82, 2.24) is 24.9 Å². The van der Waals surface area contributed by atoms with E-state index in [0.29, 0.717) is 23.2 Å². The summed E-state index contributed by atoms with van der Waals surface area (Å²) in [6, 6.07) is 15.3. The van der Waals surface area contributed by atoms with Crippen molar-refractivity contribution in [2.24, 2.45) is 0 Å². The Morgan fingerprint density at radius 2 is 1.60 bits per heavy atom. The SMILES string of the molecule is CCn1c(SCc2nc(-c3ccccc3OC)no2)nnc1-c1ccccc1OC. The van der Waals surface area contributed by atoms with Crippen molar-refractivity contribution in [1.29, 1.82) is 0 Å². The fourth-order valence-electron chi connectivity index (χ4n) is 3.09. The van der Waals surface area contributed by atoms with Crippen LogP contribution in [0.4, 0.5) is 0 Å². The number of para-hydroxylation sites is 2. The topological polar surface area (TPSA) is 88.1 Å². The van der Waals surface area contributed by atoms with Crippen LogP contribution in [-0.4, -0.2) is 39.1 Å². The quantitative estimate of drug-likeness (QED) is 0.387. The Morgan fingerprint density at radius 1 is 0.933 bits per heavy atom. The van der Waals surface area contributed by atoms with Gasteiger partial charge < -0.3 is 18.6 Å². The van der Waals surface area contributed by atoms with Crippen LogP contribution in [0.1, 0.15) is 12.8 Å². The van der Waals surface area contributed by atoms with E-state index < -0.39 is 0 Å². The molecule has 4 rings (SSSR count). The van der Waals surface area contributed by atoms with Gasteiger partial charge >= 0.3 is 0 Å². The lowest BCUT2D eigenvalue weighted by atomic mass is 10.2. The van der Waals surface area contributed by atoms with Gasteiger partial charge in [0.05, 0.1) is 31.1 Å². The van der Waals surface area contributed by atoms with Gasteiger partial charge in [0.2, 0.25) is 11.7 Å². The predicted octanol–water partition coefficient (Wildman–Crippen LogP) is 4.32. The minimum absolute atomic E-state index is 0.478. The molecule has 8 nitrogen and oxygen atoms in total. The van der Waals surface area contributed by atoms with Gasteiger partial charge in [0, 0.05) is 6.54 Å². The lowest BCUT2D eigenvalue weighted by molar-refractivity contribution is 0.390. The molecule has 0 N–H and O–H groups in total. The van der Waals surface area contributed by atoms with Crippen LogP contribution in [-0.2, 0) is 12.3 Å². The molecule has 9 heteroatoms. The summed E-state index contributed by atoms with van der Waals surface area (Å²) in [5, 5.41) is 13.6. The van der Waals surface area contributed by atoms with Gasteiger partial charge in [-0.3, -0.25) is 0 Å². The summed E-state index contributed by atoms with van der Waals surface area (Å²) in [6.07, 6.45) is 0. The Balaban J connectivity index is 1.54. The number of rotatable bonds is 8. The zero-order valence-electron chi connectivity index (χ0n) is 16.9. The Kier molecular flexibility index (Phi) is 5.99. The normalized spacial score (nSPS) is 10.9. The van der Waals surface area contributed by atoms with Gasteiger partial charge in [-0.2, -0.15) is 4.98 Å². The van der Waals surface area contributed by atoms with Crippen LogP contribution in [0.2, 0.25) is 0 Å². The van der Waals surface area contributed by atoms with Crippen LogP contribution in [0.5, 0.6) is 11.5 Å². The molecule has 2 aromatic carbocycles. The van der Waals surface area contributed by atoms with E-state index in [0.717, 1.165) is 34.4 Å². The smallest absolute Gasteiger partial charge is 0.237 e. The number of hydrogen-bond acceptors (Lipinski definition) is 8. The fraction of sp³-hybridized carbons (Fsp3) is 0.238. The molecule has 30 heavy (non-hydrogen) atoms. The highest BCUT2D eigenvalue weighted by molar-refractivity contribution is 7.98. The number of ether oxygens (including phenoxy) is 2. The van der Waals surface area contributed by atoms with Crippen LogP contribution in [0.25, 0.3) is 22.8 Å². The molecule has 0 atom stereocenters. The van der Waals surface area contributed by atoms with Crippen LogP contribution >= 0.6 is 11.8 Å². The van der Waals surface area contributed by atoms with Crippen LogP contribution in [0.15, 0.2) is 58.2 Å². The molecule has 0 aliphatic heterocycles. The average Bonchev–Trinajstić information content (AvgIpc) is 3.44. The first-order valence-electron chi connectivity index (χ1n) is 9.40. The highest BCUT2D eigenvalue weighted by atomic mass is 32.2. The minimum atomic E-state index is 0.478. The molecule has 0 aliphatic carbocycles. The average molecular weight is 423 g/mol. The van der Waals surface area contributed by atoms with Gasteiger partial charge in [-0.1, -0.05) is 41.2 Å². The second-order valence-electron chi connectivity index (χ2n) is 6.25. The Labute approximate surface area is 178 Å². The van der Waals surface area contributed by atoms with Crippen LogP contribution < -0.4 is 9.47 Å². The summed E-state index contributed by atoms with van der Waals surface area (Å²) in [7, 11) is 3.27. The number of benzene rings is 2. The maximum Gasteiger partial charge on any atom is 0.237 e. The van der Waals surface area contributed by atoms with Crippen LogP contribution in [0, 0.1) is 0 Å². The molecule has 0 bridgehead atoms. The molecule has 0 saturated heterocycles. The van der Waals surface area contributed by atoms with E-state index in [1.54, 1.807) is 14.2 Å². The molecule has 0 spiro atoms. The number of thioether (sulfide) groups is 1. The first-order chi connectivity index (χ1) is 14.7. The van der Waals surface area contributed by atoms with Gasteiger partial charge in [0.25, 0.3) is 0 Å². The zero-order valence-corrected chi connectivity index (χ0v) is 17.7. The van der Waals surface area contributed by atoms with Crippen molar-refractivity contribution >= 4 is 11.8 Å². The summed E-state index contributed by atoms with van der Waals surface area (Å²) >= 11 is 1.49. The fourth-order valence-corrected chi connectivity index (χ4v) is 3.93.